The van der Waals surface area contributed by atoms with Crippen molar-refractivity contribution in [3.63, 3.8) is 0 Å². The van der Waals surface area contributed by atoms with Crippen molar-refractivity contribution in [2.24, 2.45) is 0 Å². The molecule has 0 radical (unpaired) electrons. The average molecular weight is 167 g/mol. The maximum absolute atomic E-state index is 3.48. The van der Waals surface area contributed by atoms with Gasteiger partial charge in [-0.3, -0.25) is 0 Å². The summed E-state index contributed by atoms with van der Waals surface area (Å²) in [5, 5.41) is 3.48. The zero-order valence-corrected chi connectivity index (χ0v) is 8.18. The van der Waals surface area contributed by atoms with Crippen molar-refractivity contribution in [2.75, 3.05) is 0 Å². The normalized spacial score (nSPS) is 20.1. The van der Waals surface area contributed by atoms with Gasteiger partial charge >= 0.3 is 0 Å². The van der Waals surface area contributed by atoms with Gasteiger partial charge in [0.1, 0.15) is 0 Å². The summed E-state index contributed by atoms with van der Waals surface area (Å²) in [7, 11) is 0. The molecule has 0 aromatic heterocycles. The van der Waals surface area contributed by atoms with Crippen molar-refractivity contribution in [1.82, 2.24) is 5.32 Å². The highest BCUT2D eigenvalue weighted by atomic mass is 14.9. The predicted molar refractivity (Wildman–Crippen MR) is 54.1 cm³/mol. The lowest BCUT2D eigenvalue weighted by Gasteiger charge is -2.21. The lowest BCUT2D eigenvalue weighted by Crippen LogP contribution is -2.26. The Morgan fingerprint density at radius 2 is 2.00 bits per heavy atom. The molecule has 1 nitrogen and oxygen atoms in total. The van der Waals surface area contributed by atoms with Crippen molar-refractivity contribution in [3.05, 3.63) is 12.3 Å². The average Bonchev–Trinajstić information content (AvgIpc) is 2.14. The van der Waals surface area contributed by atoms with Gasteiger partial charge in [0.25, 0.3) is 0 Å². The van der Waals surface area contributed by atoms with Gasteiger partial charge in [-0.25, -0.2) is 0 Å². The van der Waals surface area contributed by atoms with Crippen molar-refractivity contribution < 1.29 is 0 Å². The third-order valence-electron chi connectivity index (χ3n) is 2.51. The summed E-state index contributed by atoms with van der Waals surface area (Å²) in [6, 6.07) is 0.770. The predicted octanol–water partition coefficient (Wildman–Crippen LogP) is 3.22. The van der Waals surface area contributed by atoms with Crippen LogP contribution < -0.4 is 5.32 Å². The summed E-state index contributed by atoms with van der Waals surface area (Å²) in [5.74, 6) is 0. The van der Waals surface area contributed by atoms with Crippen LogP contribution in [0.15, 0.2) is 12.3 Å². The van der Waals surface area contributed by atoms with Gasteiger partial charge in [-0.2, -0.15) is 0 Å². The molecule has 0 heterocycles. The van der Waals surface area contributed by atoms with Gasteiger partial charge in [0.05, 0.1) is 0 Å². The molecule has 1 N–H and O–H groups in total. The zero-order valence-electron chi connectivity index (χ0n) is 8.18. The molecule has 1 aliphatic carbocycles. The van der Waals surface area contributed by atoms with E-state index in [2.05, 4.69) is 24.5 Å². The first kappa shape index (κ1) is 9.63. The second-order valence-corrected chi connectivity index (χ2v) is 3.69. The zero-order chi connectivity index (χ0) is 8.65. The molecular weight excluding hydrogens is 146 g/mol. The summed E-state index contributed by atoms with van der Waals surface area (Å²) < 4.78 is 0. The van der Waals surface area contributed by atoms with E-state index < -0.39 is 0 Å². The van der Waals surface area contributed by atoms with E-state index >= 15 is 0 Å². The summed E-state index contributed by atoms with van der Waals surface area (Å²) in [4.78, 5) is 0. The molecule has 1 aliphatic rings. The quantitative estimate of drug-likeness (QED) is 0.678. The van der Waals surface area contributed by atoms with E-state index in [0.717, 1.165) is 6.04 Å². The Kier molecular flexibility index (Phi) is 4.89. The number of hydrogen-bond acceptors (Lipinski definition) is 1. The molecule has 0 unspecified atom stereocenters. The minimum absolute atomic E-state index is 0.770. The van der Waals surface area contributed by atoms with Gasteiger partial charge in [0, 0.05) is 6.04 Å². The molecule has 1 fully saturated rings. The fraction of sp³-hybridized carbons (Fsp3) is 0.818. The fourth-order valence-electron chi connectivity index (χ4n) is 1.72. The van der Waals surface area contributed by atoms with Crippen LogP contribution in [0.2, 0.25) is 0 Å². The summed E-state index contributed by atoms with van der Waals surface area (Å²) >= 11 is 0. The number of hydrogen-bond donors (Lipinski definition) is 1. The number of allylic oxidation sites excluding steroid dienone is 1. The van der Waals surface area contributed by atoms with E-state index in [1.165, 1.54) is 44.9 Å². The molecule has 0 saturated heterocycles. The minimum atomic E-state index is 0.770. The molecule has 0 amide bonds. The Balaban J connectivity index is 2.04. The van der Waals surface area contributed by atoms with Crippen LogP contribution in [-0.4, -0.2) is 6.04 Å². The molecule has 0 aromatic carbocycles. The molecule has 0 aromatic rings. The molecule has 1 rings (SSSR count). The smallest absolute Gasteiger partial charge is 0.0255 e. The van der Waals surface area contributed by atoms with Crippen LogP contribution in [0.3, 0.4) is 0 Å². The highest BCUT2D eigenvalue weighted by Gasteiger charge is 2.10. The SMILES string of the molecule is CCCC=CNC1CCCCC1. The summed E-state index contributed by atoms with van der Waals surface area (Å²) in [5.41, 5.74) is 0. The van der Waals surface area contributed by atoms with Crippen LogP contribution in [0.4, 0.5) is 0 Å². The maximum atomic E-state index is 3.48. The molecule has 12 heavy (non-hydrogen) atoms. The Bertz CT molecular complexity index is 123. The van der Waals surface area contributed by atoms with Crippen LogP contribution in [0.25, 0.3) is 0 Å². The van der Waals surface area contributed by atoms with E-state index in [1.807, 2.05) is 0 Å². The largest absolute Gasteiger partial charge is 0.388 e. The van der Waals surface area contributed by atoms with Crippen LogP contribution in [0.5, 0.6) is 0 Å². The molecule has 0 bridgehead atoms. The lowest BCUT2D eigenvalue weighted by atomic mass is 9.96. The molecule has 0 spiro atoms. The van der Waals surface area contributed by atoms with E-state index in [9.17, 15) is 0 Å². The first-order valence-corrected chi connectivity index (χ1v) is 5.34. The van der Waals surface area contributed by atoms with Gasteiger partial charge in [-0.15, -0.1) is 0 Å². The third-order valence-corrected chi connectivity index (χ3v) is 2.51. The fourth-order valence-corrected chi connectivity index (χ4v) is 1.72. The van der Waals surface area contributed by atoms with Crippen LogP contribution in [0, 0.1) is 0 Å². The second kappa shape index (κ2) is 6.10. The van der Waals surface area contributed by atoms with Crippen LogP contribution in [0.1, 0.15) is 51.9 Å². The Hall–Kier alpha value is -0.460. The Morgan fingerprint density at radius 1 is 1.25 bits per heavy atom. The molecular formula is C11H21N. The highest BCUT2D eigenvalue weighted by molar-refractivity contribution is 4.84. The maximum Gasteiger partial charge on any atom is 0.0255 e. The number of rotatable bonds is 4. The Labute approximate surface area is 76.2 Å². The van der Waals surface area contributed by atoms with Gasteiger partial charge in [0.15, 0.2) is 0 Å². The van der Waals surface area contributed by atoms with Crippen molar-refractivity contribution in [2.45, 2.75) is 57.9 Å². The highest BCUT2D eigenvalue weighted by Crippen LogP contribution is 2.17. The molecule has 1 saturated carbocycles. The molecule has 0 atom stereocenters. The van der Waals surface area contributed by atoms with Gasteiger partial charge in [0.2, 0.25) is 0 Å². The van der Waals surface area contributed by atoms with Gasteiger partial charge < -0.3 is 5.32 Å². The van der Waals surface area contributed by atoms with Crippen molar-refractivity contribution in [1.29, 1.82) is 0 Å². The number of unbranched alkanes of at least 4 members (excludes halogenated alkanes) is 1. The van der Waals surface area contributed by atoms with Crippen molar-refractivity contribution in [3.8, 4) is 0 Å². The van der Waals surface area contributed by atoms with Crippen LogP contribution >= 0.6 is 0 Å². The molecule has 70 valence electrons. The standard InChI is InChI=1S/C11H21N/c1-2-3-7-10-12-11-8-5-4-6-9-11/h7,10-12H,2-6,8-9H2,1H3. The summed E-state index contributed by atoms with van der Waals surface area (Å²) in [6.07, 6.45) is 13.9. The molecule has 1 heteroatoms. The first-order valence-electron chi connectivity index (χ1n) is 5.34. The van der Waals surface area contributed by atoms with Gasteiger partial charge in [-0.05, 0) is 25.5 Å². The summed E-state index contributed by atoms with van der Waals surface area (Å²) in [6.45, 7) is 2.21. The third kappa shape index (κ3) is 3.80. The Morgan fingerprint density at radius 3 is 2.67 bits per heavy atom. The monoisotopic (exact) mass is 167 g/mol. The topological polar surface area (TPSA) is 12.0 Å². The van der Waals surface area contributed by atoms with Crippen LogP contribution in [-0.2, 0) is 0 Å². The van der Waals surface area contributed by atoms with Gasteiger partial charge in [-0.1, -0.05) is 38.7 Å². The van der Waals surface area contributed by atoms with E-state index in [-0.39, 0.29) is 0 Å². The van der Waals surface area contributed by atoms with Crippen molar-refractivity contribution >= 4 is 0 Å². The first-order chi connectivity index (χ1) is 5.93. The lowest BCUT2D eigenvalue weighted by molar-refractivity contribution is 0.404. The minimum Gasteiger partial charge on any atom is -0.388 e. The second-order valence-electron chi connectivity index (χ2n) is 3.69. The molecule has 0 aliphatic heterocycles. The van der Waals surface area contributed by atoms with E-state index in [1.54, 1.807) is 0 Å². The van der Waals surface area contributed by atoms with E-state index in [0.29, 0.717) is 0 Å². The number of nitrogens with one attached hydrogen (secondary N) is 1. The van der Waals surface area contributed by atoms with E-state index in [4.69, 9.17) is 0 Å².